The Morgan fingerprint density at radius 2 is 1.76 bits per heavy atom. The highest BCUT2D eigenvalue weighted by molar-refractivity contribution is 5.96. The molecule has 0 spiro atoms. The van der Waals surface area contributed by atoms with E-state index in [0.29, 0.717) is 11.4 Å². The highest BCUT2D eigenvalue weighted by atomic mass is 16.5. The number of aliphatic carboxylic acids is 1. The summed E-state index contributed by atoms with van der Waals surface area (Å²) >= 11 is 0. The minimum absolute atomic E-state index is 0.343. The van der Waals surface area contributed by atoms with Gasteiger partial charge in [-0.15, -0.1) is 0 Å². The first-order valence-electron chi connectivity index (χ1n) is 6.61. The van der Waals surface area contributed by atoms with Gasteiger partial charge in [-0.1, -0.05) is 12.2 Å². The molecule has 1 aromatic rings. The maximum atomic E-state index is 12.4. The van der Waals surface area contributed by atoms with Crippen molar-refractivity contribution in [1.82, 2.24) is 0 Å². The summed E-state index contributed by atoms with van der Waals surface area (Å²) in [4.78, 5) is 23.7. The van der Waals surface area contributed by atoms with E-state index in [-0.39, 0.29) is 5.91 Å². The van der Waals surface area contributed by atoms with E-state index in [1.165, 1.54) is 0 Å². The van der Waals surface area contributed by atoms with Gasteiger partial charge in [0.25, 0.3) is 0 Å². The average molecular weight is 289 g/mol. The predicted octanol–water partition coefficient (Wildman–Crippen LogP) is 1.29. The number of hydrogen-bond acceptors (Lipinski definition) is 4. The van der Waals surface area contributed by atoms with Gasteiger partial charge in [0.2, 0.25) is 5.91 Å². The normalized spacial score (nSPS) is 29.4. The third-order valence-corrected chi connectivity index (χ3v) is 3.84. The first-order valence-corrected chi connectivity index (χ1v) is 6.61. The fraction of sp³-hybridized carbons (Fsp3) is 0.333. The van der Waals surface area contributed by atoms with Gasteiger partial charge in [-0.25, -0.2) is 0 Å². The smallest absolute Gasteiger partial charge is 0.310 e. The molecule has 6 nitrogen and oxygen atoms in total. The fourth-order valence-corrected chi connectivity index (χ4v) is 2.81. The third kappa shape index (κ3) is 2.38. The zero-order valence-electron chi connectivity index (χ0n) is 11.4. The number of hydrogen-bond donors (Lipinski definition) is 2. The average Bonchev–Trinajstić information content (AvgIpc) is 3.08. The van der Waals surface area contributed by atoms with Crippen molar-refractivity contribution in [2.24, 2.45) is 11.8 Å². The van der Waals surface area contributed by atoms with Gasteiger partial charge in [-0.3, -0.25) is 9.59 Å². The van der Waals surface area contributed by atoms with Crippen molar-refractivity contribution >= 4 is 17.6 Å². The van der Waals surface area contributed by atoms with E-state index < -0.39 is 30.0 Å². The minimum atomic E-state index is -1.01. The Morgan fingerprint density at radius 1 is 1.14 bits per heavy atom. The Labute approximate surface area is 121 Å². The van der Waals surface area contributed by atoms with Gasteiger partial charge < -0.3 is 19.9 Å². The number of carboxylic acid groups (broad SMARTS) is 1. The van der Waals surface area contributed by atoms with Crippen LogP contribution in [-0.2, 0) is 14.3 Å². The summed E-state index contributed by atoms with van der Waals surface area (Å²) in [6, 6.07) is 6.86. The Bertz CT molecular complexity index is 595. The quantitative estimate of drug-likeness (QED) is 0.816. The number of carboxylic acids is 1. The van der Waals surface area contributed by atoms with E-state index in [0.717, 1.165) is 0 Å². The van der Waals surface area contributed by atoms with E-state index in [2.05, 4.69) is 5.32 Å². The second kappa shape index (κ2) is 5.21. The molecule has 2 aliphatic rings. The summed E-state index contributed by atoms with van der Waals surface area (Å²) in [6.45, 7) is 0. The Morgan fingerprint density at radius 3 is 2.33 bits per heavy atom. The number of rotatable bonds is 4. The van der Waals surface area contributed by atoms with E-state index >= 15 is 0 Å². The third-order valence-electron chi connectivity index (χ3n) is 3.84. The molecule has 1 saturated heterocycles. The van der Waals surface area contributed by atoms with Crippen molar-refractivity contribution in [2.75, 3.05) is 12.4 Å². The summed E-state index contributed by atoms with van der Waals surface area (Å²) in [7, 11) is 1.56. The Hall–Kier alpha value is -2.34. The zero-order chi connectivity index (χ0) is 15.0. The van der Waals surface area contributed by atoms with Gasteiger partial charge in [-0.05, 0) is 24.3 Å². The van der Waals surface area contributed by atoms with Crippen LogP contribution in [0.2, 0.25) is 0 Å². The molecule has 110 valence electrons. The minimum Gasteiger partial charge on any atom is -0.497 e. The molecule has 0 aliphatic carbocycles. The number of anilines is 1. The lowest BCUT2D eigenvalue weighted by Crippen LogP contribution is -2.39. The SMILES string of the molecule is COc1ccc(NC(=O)[C@H]2[C@@H](C(=O)O)[C@@H]3C=C[C@@H]2O3)cc1. The Kier molecular flexibility index (Phi) is 3.39. The van der Waals surface area contributed by atoms with Gasteiger partial charge in [0.15, 0.2) is 0 Å². The first-order chi connectivity index (χ1) is 10.1. The molecule has 2 aliphatic heterocycles. The molecular weight excluding hydrogens is 274 g/mol. The summed E-state index contributed by atoms with van der Waals surface area (Å²) in [6.07, 6.45) is 2.48. The second-order valence-corrected chi connectivity index (χ2v) is 5.06. The molecule has 2 N–H and O–H groups in total. The topological polar surface area (TPSA) is 84.9 Å². The summed E-state index contributed by atoms with van der Waals surface area (Å²) < 4.78 is 10.5. The van der Waals surface area contributed by atoms with Gasteiger partial charge in [0, 0.05) is 5.69 Å². The number of methoxy groups -OCH3 is 1. The molecule has 0 radical (unpaired) electrons. The Balaban J connectivity index is 1.75. The summed E-state index contributed by atoms with van der Waals surface area (Å²) in [5.74, 6) is -2.22. The maximum absolute atomic E-state index is 12.4. The lowest BCUT2D eigenvalue weighted by molar-refractivity contribution is -0.145. The largest absolute Gasteiger partial charge is 0.497 e. The van der Waals surface area contributed by atoms with Crippen LogP contribution in [0.3, 0.4) is 0 Å². The zero-order valence-corrected chi connectivity index (χ0v) is 11.4. The van der Waals surface area contributed by atoms with Crippen LogP contribution in [-0.4, -0.2) is 36.3 Å². The van der Waals surface area contributed by atoms with E-state index in [9.17, 15) is 14.7 Å². The number of ether oxygens (including phenoxy) is 2. The number of amides is 1. The molecule has 2 bridgehead atoms. The molecule has 0 aromatic heterocycles. The van der Waals surface area contributed by atoms with Crippen molar-refractivity contribution in [1.29, 1.82) is 0 Å². The molecular formula is C15H15NO5. The standard InChI is InChI=1S/C15H15NO5/c1-20-9-4-2-8(3-5-9)16-14(17)12-10-6-7-11(21-10)13(12)15(18)19/h2-7,10-13H,1H3,(H,16,17)(H,18,19)/t10-,11-,12+,13-/m0/s1. The maximum Gasteiger partial charge on any atom is 0.310 e. The van der Waals surface area contributed by atoms with Crippen LogP contribution in [0.4, 0.5) is 5.69 Å². The van der Waals surface area contributed by atoms with E-state index in [1.54, 1.807) is 43.5 Å². The van der Waals surface area contributed by atoms with Crippen LogP contribution < -0.4 is 10.1 Å². The predicted molar refractivity (Wildman–Crippen MR) is 74.0 cm³/mol. The van der Waals surface area contributed by atoms with Crippen molar-refractivity contribution < 1.29 is 24.2 Å². The molecule has 3 rings (SSSR count). The number of carbonyl (C=O) groups is 2. The lowest BCUT2D eigenvalue weighted by atomic mass is 9.82. The molecule has 2 heterocycles. The number of carbonyl (C=O) groups excluding carboxylic acids is 1. The molecule has 0 saturated carbocycles. The number of nitrogens with one attached hydrogen (secondary N) is 1. The second-order valence-electron chi connectivity index (χ2n) is 5.06. The first kappa shape index (κ1) is 13.6. The van der Waals surface area contributed by atoms with Crippen LogP contribution in [0.1, 0.15) is 0 Å². The molecule has 6 heteroatoms. The van der Waals surface area contributed by atoms with Crippen LogP contribution in [0.25, 0.3) is 0 Å². The molecule has 1 fully saturated rings. The van der Waals surface area contributed by atoms with Gasteiger partial charge in [0.1, 0.15) is 11.7 Å². The van der Waals surface area contributed by atoms with Crippen LogP contribution in [0.15, 0.2) is 36.4 Å². The van der Waals surface area contributed by atoms with Gasteiger partial charge in [-0.2, -0.15) is 0 Å². The lowest BCUT2D eigenvalue weighted by Gasteiger charge is -2.21. The van der Waals surface area contributed by atoms with Crippen LogP contribution in [0, 0.1) is 11.8 Å². The van der Waals surface area contributed by atoms with Crippen LogP contribution >= 0.6 is 0 Å². The molecule has 1 aromatic carbocycles. The molecule has 21 heavy (non-hydrogen) atoms. The monoisotopic (exact) mass is 289 g/mol. The van der Waals surface area contributed by atoms with Gasteiger partial charge in [0.05, 0.1) is 25.2 Å². The van der Waals surface area contributed by atoms with Crippen molar-refractivity contribution in [2.45, 2.75) is 12.2 Å². The van der Waals surface area contributed by atoms with E-state index in [4.69, 9.17) is 9.47 Å². The number of benzene rings is 1. The van der Waals surface area contributed by atoms with Crippen molar-refractivity contribution in [3.8, 4) is 5.75 Å². The van der Waals surface area contributed by atoms with Gasteiger partial charge >= 0.3 is 5.97 Å². The molecule has 0 unspecified atom stereocenters. The molecule has 4 atom stereocenters. The van der Waals surface area contributed by atoms with Crippen molar-refractivity contribution in [3.63, 3.8) is 0 Å². The van der Waals surface area contributed by atoms with E-state index in [1.807, 2.05) is 0 Å². The van der Waals surface area contributed by atoms with Crippen molar-refractivity contribution in [3.05, 3.63) is 36.4 Å². The van der Waals surface area contributed by atoms with Crippen LogP contribution in [0.5, 0.6) is 5.75 Å². The fourth-order valence-electron chi connectivity index (χ4n) is 2.81. The summed E-state index contributed by atoms with van der Waals surface area (Å²) in [5.41, 5.74) is 0.594. The number of fused-ring (bicyclic) bond motifs is 2. The highest BCUT2D eigenvalue weighted by Gasteiger charge is 2.53. The molecule has 1 amide bonds. The summed E-state index contributed by atoms with van der Waals surface area (Å²) in [5, 5.41) is 12.0. The highest BCUT2D eigenvalue weighted by Crippen LogP contribution is 2.39.